The van der Waals surface area contributed by atoms with Crippen LogP contribution in [0.25, 0.3) is 16.9 Å². The lowest BCUT2D eigenvalue weighted by atomic mass is 10.2. The van der Waals surface area contributed by atoms with Gasteiger partial charge in [0.05, 0.1) is 6.42 Å². The molecule has 4 aromatic rings. The number of hydrogen-bond acceptors (Lipinski definition) is 8. The number of aryl methyl sites for hydroxylation is 1. The SMILES string of the molecule is Cc1ccc(Nc2nc3nonc3n3c(CC(N)=O)nnc23)cc1. The molecule has 0 unspecified atom stereocenters. The zero-order valence-corrected chi connectivity index (χ0v) is 12.6. The van der Waals surface area contributed by atoms with Crippen molar-refractivity contribution in [3.63, 3.8) is 0 Å². The fourth-order valence-corrected chi connectivity index (χ4v) is 2.37. The number of amides is 1. The van der Waals surface area contributed by atoms with Crippen LogP contribution < -0.4 is 11.1 Å². The number of carbonyl (C=O) groups excluding carboxylic acids is 1. The highest BCUT2D eigenvalue weighted by Crippen LogP contribution is 2.23. The summed E-state index contributed by atoms with van der Waals surface area (Å²) in [5, 5.41) is 18.8. The summed E-state index contributed by atoms with van der Waals surface area (Å²) in [7, 11) is 0. The van der Waals surface area contributed by atoms with Crippen molar-refractivity contribution >= 4 is 34.4 Å². The number of fused-ring (bicyclic) bond motifs is 3. The van der Waals surface area contributed by atoms with Gasteiger partial charge in [-0.3, -0.25) is 9.20 Å². The summed E-state index contributed by atoms with van der Waals surface area (Å²) in [5.74, 6) is 0.233. The molecule has 0 bridgehead atoms. The second-order valence-corrected chi connectivity index (χ2v) is 5.28. The lowest BCUT2D eigenvalue weighted by Gasteiger charge is -2.07. The number of aromatic nitrogens is 6. The molecule has 0 saturated carbocycles. The Bertz CT molecular complexity index is 1050. The van der Waals surface area contributed by atoms with Crippen LogP contribution >= 0.6 is 0 Å². The summed E-state index contributed by atoms with van der Waals surface area (Å²) in [6, 6.07) is 7.77. The molecule has 1 amide bonds. The molecule has 4 rings (SSSR count). The lowest BCUT2D eigenvalue weighted by molar-refractivity contribution is -0.117. The summed E-state index contributed by atoms with van der Waals surface area (Å²) in [6.07, 6.45) is -0.0862. The Hall–Kier alpha value is -3.56. The molecule has 0 aliphatic heterocycles. The number of nitrogens with zero attached hydrogens (tertiary/aromatic N) is 6. The smallest absolute Gasteiger partial charge is 0.244 e. The van der Waals surface area contributed by atoms with E-state index in [1.54, 1.807) is 4.40 Å². The van der Waals surface area contributed by atoms with Crippen LogP contribution in [0.15, 0.2) is 28.9 Å². The summed E-state index contributed by atoms with van der Waals surface area (Å²) in [5.41, 5.74) is 8.21. The molecule has 0 radical (unpaired) electrons. The maximum absolute atomic E-state index is 11.2. The number of primary amides is 1. The maximum atomic E-state index is 11.2. The molecule has 0 aliphatic rings. The average Bonchev–Trinajstić information content (AvgIpc) is 3.16. The van der Waals surface area contributed by atoms with Gasteiger partial charge in [-0.25, -0.2) is 9.61 Å². The quantitative estimate of drug-likeness (QED) is 0.560. The summed E-state index contributed by atoms with van der Waals surface area (Å²) < 4.78 is 6.30. The Kier molecular flexibility index (Phi) is 3.08. The zero-order valence-electron chi connectivity index (χ0n) is 12.6. The second-order valence-electron chi connectivity index (χ2n) is 5.28. The number of nitrogens with one attached hydrogen (secondary N) is 1. The largest absolute Gasteiger partial charge is 0.369 e. The molecule has 3 N–H and O–H groups in total. The van der Waals surface area contributed by atoms with Crippen LogP contribution in [-0.2, 0) is 11.2 Å². The Morgan fingerprint density at radius 2 is 2.00 bits per heavy atom. The Labute approximate surface area is 134 Å². The monoisotopic (exact) mass is 324 g/mol. The summed E-state index contributed by atoms with van der Waals surface area (Å²) in [4.78, 5) is 15.6. The van der Waals surface area contributed by atoms with Crippen LogP contribution in [-0.4, -0.2) is 35.8 Å². The van der Waals surface area contributed by atoms with Gasteiger partial charge < -0.3 is 11.1 Å². The van der Waals surface area contributed by atoms with Crippen molar-refractivity contribution in [3.8, 4) is 0 Å². The van der Waals surface area contributed by atoms with Gasteiger partial charge in [-0.15, -0.1) is 10.2 Å². The number of anilines is 2. The van der Waals surface area contributed by atoms with Gasteiger partial charge in [-0.1, -0.05) is 17.7 Å². The van der Waals surface area contributed by atoms with Gasteiger partial charge in [0.2, 0.25) is 22.8 Å². The van der Waals surface area contributed by atoms with Gasteiger partial charge in [0.15, 0.2) is 5.82 Å². The summed E-state index contributed by atoms with van der Waals surface area (Å²) >= 11 is 0. The first kappa shape index (κ1) is 14.1. The van der Waals surface area contributed by atoms with Crippen molar-refractivity contribution in [2.75, 3.05) is 5.32 Å². The van der Waals surface area contributed by atoms with E-state index < -0.39 is 5.91 Å². The first-order valence-electron chi connectivity index (χ1n) is 7.10. The van der Waals surface area contributed by atoms with E-state index >= 15 is 0 Å². The minimum atomic E-state index is -0.529. The van der Waals surface area contributed by atoms with Crippen molar-refractivity contribution < 1.29 is 9.42 Å². The highest BCUT2D eigenvalue weighted by Gasteiger charge is 2.19. The molecule has 0 saturated heterocycles. The first-order chi connectivity index (χ1) is 11.6. The Balaban J connectivity index is 1.89. The summed E-state index contributed by atoms with van der Waals surface area (Å²) in [6.45, 7) is 2.00. The fraction of sp³-hybridized carbons (Fsp3) is 0.143. The predicted molar refractivity (Wildman–Crippen MR) is 83.5 cm³/mol. The molecule has 3 heterocycles. The third kappa shape index (κ3) is 2.29. The van der Waals surface area contributed by atoms with E-state index in [2.05, 4.69) is 30.8 Å². The number of benzene rings is 1. The van der Waals surface area contributed by atoms with Crippen LogP contribution in [0, 0.1) is 6.92 Å². The highest BCUT2D eigenvalue weighted by atomic mass is 16.6. The van der Waals surface area contributed by atoms with Crippen molar-refractivity contribution in [1.29, 1.82) is 0 Å². The number of rotatable bonds is 4. The first-order valence-corrected chi connectivity index (χ1v) is 7.10. The normalized spacial score (nSPS) is 11.2. The molecule has 10 nitrogen and oxygen atoms in total. The van der Waals surface area contributed by atoms with Crippen molar-refractivity contribution in [2.24, 2.45) is 5.73 Å². The minimum absolute atomic E-state index is 0.0862. The van der Waals surface area contributed by atoms with Crippen molar-refractivity contribution in [3.05, 3.63) is 35.7 Å². The van der Waals surface area contributed by atoms with Gasteiger partial charge in [-0.05, 0) is 29.4 Å². The van der Waals surface area contributed by atoms with E-state index in [1.165, 1.54) is 0 Å². The van der Waals surface area contributed by atoms with E-state index in [0.717, 1.165) is 11.3 Å². The van der Waals surface area contributed by atoms with Crippen molar-refractivity contribution in [2.45, 2.75) is 13.3 Å². The molecule has 0 aliphatic carbocycles. The molecule has 0 atom stereocenters. The Morgan fingerprint density at radius 1 is 1.21 bits per heavy atom. The van der Waals surface area contributed by atoms with E-state index in [4.69, 9.17) is 10.4 Å². The van der Waals surface area contributed by atoms with Crippen LogP contribution in [0.2, 0.25) is 0 Å². The van der Waals surface area contributed by atoms with Crippen LogP contribution in [0.3, 0.4) is 0 Å². The van der Waals surface area contributed by atoms with Gasteiger partial charge in [-0.2, -0.15) is 0 Å². The molecule has 1 aromatic carbocycles. The number of nitrogens with two attached hydrogens (primary N) is 1. The van der Waals surface area contributed by atoms with E-state index in [-0.39, 0.29) is 12.1 Å². The Morgan fingerprint density at radius 3 is 2.75 bits per heavy atom. The number of carbonyl (C=O) groups is 1. The maximum Gasteiger partial charge on any atom is 0.244 e. The highest BCUT2D eigenvalue weighted by molar-refractivity contribution is 5.81. The molecule has 0 fully saturated rings. The zero-order chi connectivity index (χ0) is 16.7. The molecule has 24 heavy (non-hydrogen) atoms. The topological polar surface area (TPSA) is 137 Å². The molecule has 3 aromatic heterocycles. The lowest BCUT2D eigenvalue weighted by Crippen LogP contribution is -2.16. The molecule has 10 heteroatoms. The van der Waals surface area contributed by atoms with Gasteiger partial charge in [0.1, 0.15) is 5.82 Å². The van der Waals surface area contributed by atoms with Crippen LogP contribution in [0.5, 0.6) is 0 Å². The second kappa shape index (κ2) is 5.26. The molecule has 120 valence electrons. The number of hydrogen-bond donors (Lipinski definition) is 2. The molecule has 0 spiro atoms. The fourth-order valence-electron chi connectivity index (χ4n) is 2.37. The minimum Gasteiger partial charge on any atom is -0.369 e. The van der Waals surface area contributed by atoms with E-state index in [9.17, 15) is 4.79 Å². The van der Waals surface area contributed by atoms with Crippen molar-refractivity contribution in [1.82, 2.24) is 29.9 Å². The van der Waals surface area contributed by atoms with Crippen LogP contribution in [0.1, 0.15) is 11.4 Å². The standard InChI is InChI=1S/C14H12N8O2/c1-7-2-4-8(5-3-7)16-11-13-19-18-10(6-9(15)23)22(13)14-12(17-11)20-24-21-14/h2-5H,6H2,1H3,(H2,15,23)(H,16,17,20). The van der Waals surface area contributed by atoms with Gasteiger partial charge >= 0.3 is 0 Å². The third-order valence-electron chi connectivity index (χ3n) is 3.47. The van der Waals surface area contributed by atoms with E-state index in [0.29, 0.717) is 22.9 Å². The predicted octanol–water partition coefficient (Wildman–Crippen LogP) is 0.740. The van der Waals surface area contributed by atoms with Gasteiger partial charge in [0.25, 0.3) is 0 Å². The molecular weight excluding hydrogens is 312 g/mol. The van der Waals surface area contributed by atoms with Gasteiger partial charge in [0, 0.05) is 5.69 Å². The third-order valence-corrected chi connectivity index (χ3v) is 3.47. The molecular formula is C14H12N8O2. The van der Waals surface area contributed by atoms with E-state index in [1.807, 2.05) is 31.2 Å². The van der Waals surface area contributed by atoms with Crippen LogP contribution in [0.4, 0.5) is 11.5 Å². The average molecular weight is 324 g/mol.